The zero-order valence-corrected chi connectivity index (χ0v) is 14.6. The van der Waals surface area contributed by atoms with Crippen molar-refractivity contribution in [2.45, 2.75) is 26.3 Å². The lowest BCUT2D eigenvalue weighted by Gasteiger charge is -2.20. The predicted molar refractivity (Wildman–Crippen MR) is 98.2 cm³/mol. The van der Waals surface area contributed by atoms with Crippen LogP contribution in [0.4, 0.5) is 0 Å². The van der Waals surface area contributed by atoms with Gasteiger partial charge in [0, 0.05) is 5.38 Å². The first kappa shape index (κ1) is 16.4. The summed E-state index contributed by atoms with van der Waals surface area (Å²) in [7, 11) is 0. The van der Waals surface area contributed by atoms with E-state index in [1.165, 1.54) is 5.56 Å². The first-order valence-electron chi connectivity index (χ1n) is 7.94. The van der Waals surface area contributed by atoms with Crippen molar-refractivity contribution in [3.63, 3.8) is 0 Å². The van der Waals surface area contributed by atoms with Crippen LogP contribution in [0.15, 0.2) is 60.0 Å². The first-order valence-corrected chi connectivity index (χ1v) is 8.81. The zero-order chi connectivity index (χ0) is 16.9. The molecule has 3 nitrogen and oxygen atoms in total. The molecule has 24 heavy (non-hydrogen) atoms. The van der Waals surface area contributed by atoms with Crippen LogP contribution in [-0.4, -0.2) is 10.9 Å². The van der Waals surface area contributed by atoms with Crippen LogP contribution < -0.4 is 5.32 Å². The molecule has 0 saturated carbocycles. The molecule has 1 N–H and O–H groups in total. The third-order valence-corrected chi connectivity index (χ3v) is 4.68. The van der Waals surface area contributed by atoms with Crippen molar-refractivity contribution in [1.29, 1.82) is 0 Å². The Bertz CT molecular complexity index is 809. The summed E-state index contributed by atoms with van der Waals surface area (Å²) in [5.74, 6) is -0.0188. The van der Waals surface area contributed by atoms with Crippen molar-refractivity contribution in [2.24, 2.45) is 0 Å². The number of aryl methyl sites for hydroxylation is 2. The highest BCUT2D eigenvalue weighted by molar-refractivity contribution is 7.09. The summed E-state index contributed by atoms with van der Waals surface area (Å²) in [5, 5.41) is 6.08. The van der Waals surface area contributed by atoms with E-state index in [1.54, 1.807) is 11.3 Å². The molecule has 1 unspecified atom stereocenters. The van der Waals surface area contributed by atoms with Gasteiger partial charge in [-0.15, -0.1) is 11.3 Å². The van der Waals surface area contributed by atoms with E-state index < -0.39 is 0 Å². The number of nitrogens with zero attached hydrogens (tertiary/aromatic N) is 1. The van der Waals surface area contributed by atoms with Crippen LogP contribution in [0.5, 0.6) is 0 Å². The number of hydrogen-bond acceptors (Lipinski definition) is 3. The average Bonchev–Trinajstić information content (AvgIpc) is 2.99. The van der Waals surface area contributed by atoms with Crippen molar-refractivity contribution >= 4 is 17.2 Å². The molecular weight excluding hydrogens is 316 g/mol. The van der Waals surface area contributed by atoms with E-state index in [4.69, 9.17) is 0 Å². The Labute approximate surface area is 146 Å². The summed E-state index contributed by atoms with van der Waals surface area (Å²) in [5.41, 5.74) is 4.18. The van der Waals surface area contributed by atoms with Crippen LogP contribution in [0.2, 0.25) is 0 Å². The quantitative estimate of drug-likeness (QED) is 0.758. The standard InChI is InChI=1S/C20H20N2OS/c1-14-8-10-17(11-9-14)20(16-6-4-3-5-7-16)22-19(23)12-18-13-24-15(2)21-18/h3-11,13,20H,12H2,1-2H3,(H,22,23). The zero-order valence-electron chi connectivity index (χ0n) is 13.8. The molecule has 1 atom stereocenters. The monoisotopic (exact) mass is 336 g/mol. The third kappa shape index (κ3) is 4.09. The minimum Gasteiger partial charge on any atom is -0.345 e. The Morgan fingerprint density at radius 1 is 1.04 bits per heavy atom. The maximum absolute atomic E-state index is 12.5. The predicted octanol–water partition coefficient (Wildman–Crippen LogP) is 4.21. The molecule has 122 valence electrons. The van der Waals surface area contributed by atoms with Gasteiger partial charge in [0.2, 0.25) is 5.91 Å². The molecule has 0 saturated heterocycles. The summed E-state index contributed by atoms with van der Waals surface area (Å²) in [6, 6.07) is 18.2. The van der Waals surface area contributed by atoms with Gasteiger partial charge in [0.15, 0.2) is 0 Å². The fourth-order valence-corrected chi connectivity index (χ4v) is 3.24. The van der Waals surface area contributed by atoms with Crippen LogP contribution in [0.25, 0.3) is 0 Å². The summed E-state index contributed by atoms with van der Waals surface area (Å²) in [4.78, 5) is 16.9. The number of benzene rings is 2. The van der Waals surface area contributed by atoms with Crippen LogP contribution in [-0.2, 0) is 11.2 Å². The molecule has 2 aromatic carbocycles. The topological polar surface area (TPSA) is 42.0 Å². The Morgan fingerprint density at radius 3 is 2.33 bits per heavy atom. The fourth-order valence-electron chi connectivity index (χ4n) is 2.63. The van der Waals surface area contributed by atoms with Crippen LogP contribution >= 0.6 is 11.3 Å². The second-order valence-corrected chi connectivity index (χ2v) is 6.92. The van der Waals surface area contributed by atoms with Crippen LogP contribution in [0.1, 0.15) is 33.4 Å². The van der Waals surface area contributed by atoms with Gasteiger partial charge in [-0.2, -0.15) is 0 Å². The number of thiazole rings is 1. The third-order valence-electron chi connectivity index (χ3n) is 3.86. The molecule has 4 heteroatoms. The first-order chi connectivity index (χ1) is 11.6. The van der Waals surface area contributed by atoms with Gasteiger partial charge in [0.05, 0.1) is 23.2 Å². The van der Waals surface area contributed by atoms with Gasteiger partial charge in [-0.25, -0.2) is 4.98 Å². The maximum atomic E-state index is 12.5. The van der Waals surface area contributed by atoms with Crippen LogP contribution in [0.3, 0.4) is 0 Å². The molecule has 0 aliphatic carbocycles. The largest absolute Gasteiger partial charge is 0.345 e. The molecule has 3 aromatic rings. The lowest BCUT2D eigenvalue weighted by molar-refractivity contribution is -0.121. The Morgan fingerprint density at radius 2 is 1.71 bits per heavy atom. The highest BCUT2D eigenvalue weighted by atomic mass is 32.1. The summed E-state index contributed by atoms with van der Waals surface area (Å²) in [6.07, 6.45) is 0.305. The summed E-state index contributed by atoms with van der Waals surface area (Å²) in [6.45, 7) is 4.01. The minimum atomic E-state index is -0.154. The molecule has 1 amide bonds. The SMILES string of the molecule is Cc1ccc(C(NC(=O)Cc2csc(C)n2)c2ccccc2)cc1. The maximum Gasteiger partial charge on any atom is 0.226 e. The molecule has 0 aliphatic heterocycles. The molecule has 0 bridgehead atoms. The van der Waals surface area contributed by atoms with E-state index in [0.717, 1.165) is 21.8 Å². The molecule has 1 aromatic heterocycles. The molecule has 0 radical (unpaired) electrons. The van der Waals surface area contributed by atoms with Gasteiger partial charge < -0.3 is 5.32 Å². The number of carbonyl (C=O) groups is 1. The highest BCUT2D eigenvalue weighted by Crippen LogP contribution is 2.22. The van der Waals surface area contributed by atoms with Gasteiger partial charge in [0.1, 0.15) is 0 Å². The molecular formula is C20H20N2OS. The van der Waals surface area contributed by atoms with E-state index in [2.05, 4.69) is 41.5 Å². The Hall–Kier alpha value is -2.46. The summed E-state index contributed by atoms with van der Waals surface area (Å²) < 4.78 is 0. The smallest absolute Gasteiger partial charge is 0.226 e. The highest BCUT2D eigenvalue weighted by Gasteiger charge is 2.17. The normalized spacial score (nSPS) is 11.9. The number of nitrogens with one attached hydrogen (secondary N) is 1. The Balaban J connectivity index is 1.82. The second kappa shape index (κ2) is 7.41. The van der Waals surface area contributed by atoms with Gasteiger partial charge in [0.25, 0.3) is 0 Å². The van der Waals surface area contributed by atoms with E-state index in [0.29, 0.717) is 6.42 Å². The van der Waals surface area contributed by atoms with E-state index in [9.17, 15) is 4.79 Å². The van der Waals surface area contributed by atoms with Crippen molar-refractivity contribution in [2.75, 3.05) is 0 Å². The van der Waals surface area contributed by atoms with Gasteiger partial charge >= 0.3 is 0 Å². The van der Waals surface area contributed by atoms with Crippen LogP contribution in [0, 0.1) is 13.8 Å². The average molecular weight is 336 g/mol. The number of rotatable bonds is 5. The van der Waals surface area contributed by atoms with Crippen molar-refractivity contribution in [1.82, 2.24) is 10.3 Å². The van der Waals surface area contributed by atoms with Crippen molar-refractivity contribution in [3.05, 3.63) is 87.4 Å². The lowest BCUT2D eigenvalue weighted by atomic mass is 9.97. The molecule has 0 aliphatic rings. The van der Waals surface area contributed by atoms with E-state index in [1.807, 2.05) is 42.6 Å². The van der Waals surface area contributed by atoms with Gasteiger partial charge in [-0.1, -0.05) is 60.2 Å². The van der Waals surface area contributed by atoms with Crippen molar-refractivity contribution in [3.8, 4) is 0 Å². The number of carbonyl (C=O) groups excluding carboxylic acids is 1. The van der Waals surface area contributed by atoms with Gasteiger partial charge in [-0.05, 0) is 25.0 Å². The number of aromatic nitrogens is 1. The molecule has 1 heterocycles. The van der Waals surface area contributed by atoms with E-state index >= 15 is 0 Å². The Kier molecular flexibility index (Phi) is 5.06. The number of hydrogen-bond donors (Lipinski definition) is 1. The molecule has 0 spiro atoms. The fraction of sp³-hybridized carbons (Fsp3) is 0.200. The van der Waals surface area contributed by atoms with Gasteiger partial charge in [-0.3, -0.25) is 4.79 Å². The molecule has 3 rings (SSSR count). The van der Waals surface area contributed by atoms with E-state index in [-0.39, 0.29) is 11.9 Å². The second-order valence-electron chi connectivity index (χ2n) is 5.86. The minimum absolute atomic E-state index is 0.0188. The molecule has 0 fully saturated rings. The summed E-state index contributed by atoms with van der Waals surface area (Å²) >= 11 is 1.57. The number of amides is 1. The lowest BCUT2D eigenvalue weighted by Crippen LogP contribution is -2.30. The van der Waals surface area contributed by atoms with Crippen molar-refractivity contribution < 1.29 is 4.79 Å².